The minimum atomic E-state index is -0.487. The fourth-order valence-corrected chi connectivity index (χ4v) is 2.10. The Kier molecular flexibility index (Phi) is 5.68. The van der Waals surface area contributed by atoms with E-state index in [2.05, 4.69) is 32.2 Å². The third-order valence-electron chi connectivity index (χ3n) is 3.26. The van der Waals surface area contributed by atoms with Crippen LogP contribution >= 0.6 is 0 Å². The number of unbranched alkanes of at least 4 members (excludes halogenated alkanes) is 3. The number of nitrogens with zero attached hydrogens (tertiary/aromatic N) is 5. The monoisotopic (exact) mass is 298 g/mol. The average molecular weight is 298 g/mol. The number of rotatable bonds is 7. The van der Waals surface area contributed by atoms with Crippen LogP contribution in [0.25, 0.3) is 5.53 Å². The zero-order chi connectivity index (χ0) is 15.8. The Balaban J connectivity index is 1.96. The lowest BCUT2D eigenvalue weighted by molar-refractivity contribution is -0.110. The van der Waals surface area contributed by atoms with Crippen LogP contribution in [-0.4, -0.2) is 32.8 Å². The van der Waals surface area contributed by atoms with Crippen LogP contribution < -0.4 is 5.32 Å². The first-order valence-corrected chi connectivity index (χ1v) is 7.36. The number of hydrogen-bond acceptors (Lipinski definition) is 4. The van der Waals surface area contributed by atoms with E-state index in [1.807, 2.05) is 0 Å². The molecule has 1 aromatic heterocycles. The fourth-order valence-electron chi connectivity index (χ4n) is 2.10. The summed E-state index contributed by atoms with van der Waals surface area (Å²) >= 11 is 0. The number of hydrogen-bond donors (Lipinski definition) is 1. The van der Waals surface area contributed by atoms with Gasteiger partial charge in [0.25, 0.3) is 5.91 Å². The van der Waals surface area contributed by atoms with Gasteiger partial charge in [-0.25, -0.2) is 4.98 Å². The molecule has 0 unspecified atom stereocenters. The molecule has 0 aliphatic carbocycles. The summed E-state index contributed by atoms with van der Waals surface area (Å²) in [5.74, 6) is -0.0808. The molecule has 0 saturated heterocycles. The number of carbonyl (C=O) groups is 1. The van der Waals surface area contributed by atoms with E-state index in [-0.39, 0.29) is 11.4 Å². The zero-order valence-corrected chi connectivity index (χ0v) is 12.5. The smallest absolute Gasteiger partial charge is 0.361 e. The van der Waals surface area contributed by atoms with Crippen molar-refractivity contribution in [3.05, 3.63) is 29.9 Å². The van der Waals surface area contributed by atoms with Crippen LogP contribution in [0.15, 0.2) is 34.6 Å². The lowest BCUT2D eigenvalue weighted by Crippen LogP contribution is -2.32. The molecule has 0 bridgehead atoms. The lowest BCUT2D eigenvalue weighted by atomic mass is 10.0. The van der Waals surface area contributed by atoms with Crippen LogP contribution in [0.4, 0.5) is 5.82 Å². The van der Waals surface area contributed by atoms with E-state index in [0.717, 1.165) is 25.7 Å². The number of pyridine rings is 1. The molecule has 114 valence electrons. The molecule has 7 heteroatoms. The maximum Gasteiger partial charge on any atom is 0.371 e. The Bertz CT molecular complexity index is 643. The second kappa shape index (κ2) is 7.95. The van der Waals surface area contributed by atoms with Crippen molar-refractivity contribution in [2.45, 2.75) is 39.0 Å². The maximum absolute atomic E-state index is 12.2. The summed E-state index contributed by atoms with van der Waals surface area (Å²) in [5.41, 5.74) is 9.86. The molecule has 0 radical (unpaired) electrons. The van der Waals surface area contributed by atoms with Crippen LogP contribution in [0.1, 0.15) is 39.0 Å². The van der Waals surface area contributed by atoms with E-state index in [0.29, 0.717) is 18.0 Å². The first kappa shape index (κ1) is 15.7. The first-order chi connectivity index (χ1) is 10.8. The second-order valence-electron chi connectivity index (χ2n) is 4.92. The molecular formula is C15H18N6O. The molecule has 22 heavy (non-hydrogen) atoms. The molecule has 1 aliphatic rings. The predicted octanol–water partition coefficient (Wildman–Crippen LogP) is 2.47. The summed E-state index contributed by atoms with van der Waals surface area (Å²) in [6.45, 7) is 2.14. The number of carbonyl (C=O) groups excluding carboxylic acids is 1. The summed E-state index contributed by atoms with van der Waals surface area (Å²) in [6, 6.07) is 5.17. The average Bonchev–Trinajstić information content (AvgIpc) is 2.95. The van der Waals surface area contributed by atoms with E-state index in [4.69, 9.17) is 5.53 Å². The van der Waals surface area contributed by atoms with E-state index < -0.39 is 5.91 Å². The zero-order valence-electron chi connectivity index (χ0n) is 12.5. The van der Waals surface area contributed by atoms with Gasteiger partial charge in [-0.1, -0.05) is 32.3 Å². The highest BCUT2D eigenvalue weighted by atomic mass is 16.2. The third kappa shape index (κ3) is 3.93. The van der Waals surface area contributed by atoms with Crippen molar-refractivity contribution in [1.82, 2.24) is 4.98 Å². The predicted molar refractivity (Wildman–Crippen MR) is 85.1 cm³/mol. The Morgan fingerprint density at radius 2 is 2.14 bits per heavy atom. The minimum Gasteiger partial charge on any atom is -0.361 e. The summed E-state index contributed by atoms with van der Waals surface area (Å²) in [4.78, 5) is 19.3. The molecule has 7 nitrogen and oxygen atoms in total. The quantitative estimate of drug-likeness (QED) is 0.474. The van der Waals surface area contributed by atoms with Crippen LogP contribution in [0.2, 0.25) is 0 Å². The van der Waals surface area contributed by atoms with Gasteiger partial charge in [0.1, 0.15) is 5.82 Å². The normalized spacial score (nSPS) is 13.4. The summed E-state index contributed by atoms with van der Waals surface area (Å²) in [7, 11) is 0. The molecule has 0 atom stereocenters. The molecule has 2 heterocycles. The number of nitrogens with one attached hydrogen (secondary N) is 1. The van der Waals surface area contributed by atoms with Gasteiger partial charge in [-0.15, -0.1) is 10.2 Å². The molecule has 0 saturated carbocycles. The van der Waals surface area contributed by atoms with Crippen molar-refractivity contribution in [3.63, 3.8) is 0 Å². The third-order valence-corrected chi connectivity index (χ3v) is 3.26. The highest BCUT2D eigenvalue weighted by molar-refractivity contribution is 6.82. The van der Waals surface area contributed by atoms with Gasteiger partial charge in [-0.3, -0.25) is 4.79 Å². The highest BCUT2D eigenvalue weighted by Gasteiger charge is 2.35. The Labute approximate surface area is 128 Å². The van der Waals surface area contributed by atoms with Crippen molar-refractivity contribution >= 4 is 28.9 Å². The van der Waals surface area contributed by atoms with E-state index >= 15 is 0 Å². The number of aromatic nitrogens is 1. The molecule has 1 aromatic rings. The second-order valence-corrected chi connectivity index (χ2v) is 4.92. The molecule has 1 N–H and O–H groups in total. The fraction of sp³-hybridized carbons (Fsp3) is 0.400. The molecular weight excluding hydrogens is 280 g/mol. The van der Waals surface area contributed by atoms with E-state index in [1.165, 1.54) is 0 Å². The van der Waals surface area contributed by atoms with Gasteiger partial charge in [0, 0.05) is 6.20 Å². The molecule has 0 aromatic carbocycles. The summed E-state index contributed by atoms with van der Waals surface area (Å²) < 4.78 is 0. The molecule has 1 amide bonds. The van der Waals surface area contributed by atoms with Gasteiger partial charge in [0.2, 0.25) is 5.71 Å². The minimum absolute atomic E-state index is 0.0126. The van der Waals surface area contributed by atoms with Gasteiger partial charge in [-0.2, -0.15) is 4.79 Å². The van der Waals surface area contributed by atoms with E-state index in [9.17, 15) is 4.79 Å². The van der Waals surface area contributed by atoms with Crippen LogP contribution in [0.5, 0.6) is 0 Å². The van der Waals surface area contributed by atoms with Gasteiger partial charge < -0.3 is 10.8 Å². The van der Waals surface area contributed by atoms with Gasteiger partial charge in [0.15, 0.2) is 5.71 Å². The molecule has 0 spiro atoms. The Morgan fingerprint density at radius 1 is 1.27 bits per heavy atom. The van der Waals surface area contributed by atoms with Crippen LogP contribution in [-0.2, 0) is 4.79 Å². The number of amides is 1. The Hall–Kier alpha value is -2.66. The lowest BCUT2D eigenvalue weighted by Gasteiger charge is -2.01. The standard InChI is InChI=1S/C15H18N6O/c1-2-3-4-5-8-11-13(19-16)14(21-20-11)15(22)18-12-9-6-7-10-17-12/h6-7,9-10H,2-5,8H2,1H3,(H,17,18,22). The van der Waals surface area contributed by atoms with Crippen molar-refractivity contribution in [3.8, 4) is 0 Å². The molecule has 2 rings (SSSR count). The van der Waals surface area contributed by atoms with Crippen molar-refractivity contribution < 1.29 is 9.58 Å². The SMILES string of the molecule is CCCCCCC1=NN=C(C(=O)Nc2ccccn2)C1=[N+]=[N-]. The topological polar surface area (TPSA) is 103 Å². The maximum atomic E-state index is 12.2. The first-order valence-electron chi connectivity index (χ1n) is 7.36. The highest BCUT2D eigenvalue weighted by Crippen LogP contribution is 2.10. The largest absolute Gasteiger partial charge is 0.371 e. The van der Waals surface area contributed by atoms with Crippen molar-refractivity contribution in [1.29, 1.82) is 0 Å². The summed E-state index contributed by atoms with van der Waals surface area (Å²) in [5, 5.41) is 10.4. The van der Waals surface area contributed by atoms with Gasteiger partial charge in [0.05, 0.1) is 0 Å². The molecule has 0 fully saturated rings. The van der Waals surface area contributed by atoms with Crippen LogP contribution in [0, 0.1) is 0 Å². The van der Waals surface area contributed by atoms with E-state index in [1.54, 1.807) is 24.4 Å². The molecule has 1 aliphatic heterocycles. The van der Waals surface area contributed by atoms with Crippen molar-refractivity contribution in [2.75, 3.05) is 5.32 Å². The Morgan fingerprint density at radius 3 is 2.82 bits per heavy atom. The van der Waals surface area contributed by atoms with Crippen LogP contribution in [0.3, 0.4) is 0 Å². The van der Waals surface area contributed by atoms with Gasteiger partial charge >= 0.3 is 5.71 Å². The van der Waals surface area contributed by atoms with Crippen molar-refractivity contribution in [2.24, 2.45) is 10.2 Å². The van der Waals surface area contributed by atoms with Gasteiger partial charge in [-0.05, 0) is 25.0 Å². The number of anilines is 1. The summed E-state index contributed by atoms with van der Waals surface area (Å²) in [6.07, 6.45) is 6.50.